The van der Waals surface area contributed by atoms with Gasteiger partial charge < -0.3 is 9.88 Å². The van der Waals surface area contributed by atoms with Gasteiger partial charge in [-0.2, -0.15) is 0 Å². The minimum absolute atomic E-state index is 0.0341. The molecule has 1 N–H and O–H groups in total. The van der Waals surface area contributed by atoms with E-state index in [0.29, 0.717) is 12.1 Å². The number of rotatable bonds is 7. The number of carbonyl (C=O) groups is 1. The fraction of sp³-hybridized carbons (Fsp3) is 0.360. The van der Waals surface area contributed by atoms with Crippen LogP contribution in [0.5, 0.6) is 0 Å². The van der Waals surface area contributed by atoms with Crippen LogP contribution in [0, 0.1) is 5.92 Å². The van der Waals surface area contributed by atoms with Crippen molar-refractivity contribution in [1.82, 2.24) is 19.8 Å². The highest BCUT2D eigenvalue weighted by Gasteiger charge is 2.16. The van der Waals surface area contributed by atoms with Crippen molar-refractivity contribution < 1.29 is 4.79 Å². The molecule has 1 saturated heterocycles. The molecule has 2 heterocycles. The first kappa shape index (κ1) is 20.4. The molecule has 1 atom stereocenters. The summed E-state index contributed by atoms with van der Waals surface area (Å²) in [5.41, 5.74) is 4.26. The van der Waals surface area contributed by atoms with Gasteiger partial charge in [0.1, 0.15) is 0 Å². The van der Waals surface area contributed by atoms with Crippen LogP contribution in [0.4, 0.5) is 0 Å². The van der Waals surface area contributed by atoms with E-state index in [2.05, 4.69) is 46.4 Å². The summed E-state index contributed by atoms with van der Waals surface area (Å²) < 4.78 is 2.03. The Morgan fingerprint density at radius 3 is 2.70 bits per heavy atom. The number of nitrogens with zero attached hydrogens (tertiary/aromatic N) is 3. The normalized spacial score (nSPS) is 17.0. The van der Waals surface area contributed by atoms with Crippen molar-refractivity contribution in [3.8, 4) is 0 Å². The Morgan fingerprint density at radius 2 is 1.93 bits per heavy atom. The molecule has 5 heteroatoms. The number of amides is 1. The minimum atomic E-state index is -0.0341. The molecule has 5 nitrogen and oxygen atoms in total. The van der Waals surface area contributed by atoms with Crippen molar-refractivity contribution >= 4 is 5.91 Å². The molecular weight excluding hydrogens is 372 g/mol. The number of nitrogens with one attached hydrogen (secondary N) is 1. The molecule has 1 aliphatic heterocycles. The van der Waals surface area contributed by atoms with E-state index in [4.69, 9.17) is 0 Å². The summed E-state index contributed by atoms with van der Waals surface area (Å²) in [7, 11) is 0. The molecule has 0 aliphatic carbocycles. The summed E-state index contributed by atoms with van der Waals surface area (Å²) in [5, 5.41) is 3.04. The van der Waals surface area contributed by atoms with E-state index in [1.165, 1.54) is 37.1 Å². The van der Waals surface area contributed by atoms with Crippen LogP contribution in [-0.2, 0) is 19.6 Å². The molecule has 1 aromatic heterocycles. The number of carbonyl (C=O) groups excluding carboxylic acids is 1. The number of piperidine rings is 1. The van der Waals surface area contributed by atoms with Gasteiger partial charge >= 0.3 is 0 Å². The summed E-state index contributed by atoms with van der Waals surface area (Å²) in [6.07, 6.45) is 8.16. The van der Waals surface area contributed by atoms with Crippen LogP contribution in [0.2, 0.25) is 0 Å². The quantitative estimate of drug-likeness (QED) is 0.647. The van der Waals surface area contributed by atoms with E-state index in [1.807, 2.05) is 41.4 Å². The first-order valence-electron chi connectivity index (χ1n) is 10.8. The third kappa shape index (κ3) is 5.57. The molecule has 30 heavy (non-hydrogen) atoms. The summed E-state index contributed by atoms with van der Waals surface area (Å²) in [4.78, 5) is 19.2. The van der Waals surface area contributed by atoms with E-state index in [-0.39, 0.29) is 5.91 Å². The lowest BCUT2D eigenvalue weighted by Gasteiger charge is -2.30. The summed E-state index contributed by atoms with van der Waals surface area (Å²) in [6, 6.07) is 16.3. The van der Waals surface area contributed by atoms with E-state index >= 15 is 0 Å². The number of likely N-dealkylation sites (tertiary alicyclic amines) is 1. The molecule has 1 aliphatic rings. The average Bonchev–Trinajstić information content (AvgIpc) is 3.26. The van der Waals surface area contributed by atoms with Gasteiger partial charge in [0.25, 0.3) is 5.91 Å². The van der Waals surface area contributed by atoms with Crippen LogP contribution in [-0.4, -0.2) is 33.4 Å². The standard InChI is InChI=1S/C25H30N4O/c1-20-4-3-12-28(16-20)17-21-7-9-24(10-8-21)25(30)27-15-22-5-2-6-23(14-22)18-29-13-11-26-19-29/h2,5-11,13-14,19-20H,3-4,12,15-18H2,1H3,(H,27,30). The molecular formula is C25H30N4O. The fourth-order valence-electron chi connectivity index (χ4n) is 4.16. The summed E-state index contributed by atoms with van der Waals surface area (Å²) >= 11 is 0. The Labute approximate surface area is 178 Å². The van der Waals surface area contributed by atoms with Gasteiger partial charge in [-0.1, -0.05) is 43.3 Å². The highest BCUT2D eigenvalue weighted by molar-refractivity contribution is 5.94. The van der Waals surface area contributed by atoms with Gasteiger partial charge in [0, 0.05) is 44.1 Å². The molecule has 1 unspecified atom stereocenters. The molecule has 0 spiro atoms. The molecule has 0 saturated carbocycles. The lowest BCUT2D eigenvalue weighted by Crippen LogP contribution is -2.33. The zero-order valence-corrected chi connectivity index (χ0v) is 17.6. The van der Waals surface area contributed by atoms with Gasteiger partial charge in [-0.15, -0.1) is 0 Å². The Morgan fingerprint density at radius 1 is 1.10 bits per heavy atom. The Bertz CT molecular complexity index is 950. The number of aromatic nitrogens is 2. The molecule has 4 rings (SSSR count). The monoisotopic (exact) mass is 402 g/mol. The highest BCUT2D eigenvalue weighted by Crippen LogP contribution is 2.18. The van der Waals surface area contributed by atoms with Crippen molar-refractivity contribution in [2.24, 2.45) is 5.92 Å². The first-order valence-corrected chi connectivity index (χ1v) is 10.8. The van der Waals surface area contributed by atoms with Gasteiger partial charge in [-0.25, -0.2) is 4.98 Å². The third-order valence-electron chi connectivity index (χ3n) is 5.73. The Kier molecular flexibility index (Phi) is 6.60. The predicted octanol–water partition coefficient (Wildman–Crippen LogP) is 4.09. The maximum absolute atomic E-state index is 12.6. The van der Waals surface area contributed by atoms with Crippen molar-refractivity contribution in [3.05, 3.63) is 89.5 Å². The van der Waals surface area contributed by atoms with Crippen molar-refractivity contribution in [3.63, 3.8) is 0 Å². The molecule has 0 bridgehead atoms. The number of imidazole rings is 1. The van der Waals surface area contributed by atoms with Crippen LogP contribution in [0.1, 0.15) is 46.8 Å². The zero-order valence-electron chi connectivity index (χ0n) is 17.6. The fourth-order valence-corrected chi connectivity index (χ4v) is 4.16. The van der Waals surface area contributed by atoms with Crippen LogP contribution in [0.25, 0.3) is 0 Å². The summed E-state index contributed by atoms with van der Waals surface area (Å²) in [5.74, 6) is 0.746. The minimum Gasteiger partial charge on any atom is -0.348 e. The maximum atomic E-state index is 12.6. The van der Waals surface area contributed by atoms with E-state index < -0.39 is 0 Å². The van der Waals surface area contributed by atoms with Crippen molar-refractivity contribution in [2.75, 3.05) is 13.1 Å². The molecule has 2 aromatic carbocycles. The molecule has 156 valence electrons. The molecule has 3 aromatic rings. The number of benzene rings is 2. The molecule has 1 amide bonds. The topological polar surface area (TPSA) is 50.2 Å². The largest absolute Gasteiger partial charge is 0.348 e. The third-order valence-corrected chi connectivity index (χ3v) is 5.73. The van der Waals surface area contributed by atoms with Gasteiger partial charge in [-0.3, -0.25) is 9.69 Å². The van der Waals surface area contributed by atoms with Crippen LogP contribution < -0.4 is 5.32 Å². The second kappa shape index (κ2) is 9.72. The maximum Gasteiger partial charge on any atom is 0.251 e. The second-order valence-electron chi connectivity index (χ2n) is 8.42. The zero-order chi connectivity index (χ0) is 20.8. The van der Waals surface area contributed by atoms with Crippen molar-refractivity contribution in [1.29, 1.82) is 0 Å². The average molecular weight is 403 g/mol. The number of hydrogen-bond acceptors (Lipinski definition) is 3. The lowest BCUT2D eigenvalue weighted by molar-refractivity contribution is 0.0951. The Hall–Kier alpha value is -2.92. The van der Waals surface area contributed by atoms with Crippen LogP contribution >= 0.6 is 0 Å². The van der Waals surface area contributed by atoms with Crippen molar-refractivity contribution in [2.45, 2.75) is 39.4 Å². The SMILES string of the molecule is CC1CCCN(Cc2ccc(C(=O)NCc3cccc(Cn4ccnc4)c3)cc2)C1. The first-order chi connectivity index (χ1) is 14.7. The predicted molar refractivity (Wildman–Crippen MR) is 119 cm³/mol. The van der Waals surface area contributed by atoms with E-state index in [0.717, 1.165) is 24.6 Å². The Balaban J connectivity index is 1.29. The van der Waals surface area contributed by atoms with Gasteiger partial charge in [0.15, 0.2) is 0 Å². The molecule has 0 radical (unpaired) electrons. The summed E-state index contributed by atoms with van der Waals surface area (Å²) in [6.45, 7) is 6.93. The van der Waals surface area contributed by atoms with Gasteiger partial charge in [0.05, 0.1) is 6.33 Å². The molecule has 1 fully saturated rings. The van der Waals surface area contributed by atoms with Gasteiger partial charge in [-0.05, 0) is 54.1 Å². The lowest BCUT2D eigenvalue weighted by atomic mass is 9.99. The van der Waals surface area contributed by atoms with Gasteiger partial charge in [0.2, 0.25) is 0 Å². The van der Waals surface area contributed by atoms with Crippen LogP contribution in [0.15, 0.2) is 67.3 Å². The number of hydrogen-bond donors (Lipinski definition) is 1. The van der Waals surface area contributed by atoms with E-state index in [9.17, 15) is 4.79 Å². The van der Waals surface area contributed by atoms with E-state index in [1.54, 1.807) is 6.20 Å². The second-order valence-corrected chi connectivity index (χ2v) is 8.42. The smallest absolute Gasteiger partial charge is 0.251 e. The van der Waals surface area contributed by atoms with Crippen LogP contribution in [0.3, 0.4) is 0 Å². The highest BCUT2D eigenvalue weighted by atomic mass is 16.1.